The van der Waals surface area contributed by atoms with Crippen molar-refractivity contribution in [3.63, 3.8) is 0 Å². The van der Waals surface area contributed by atoms with E-state index in [4.69, 9.17) is 9.84 Å². The van der Waals surface area contributed by atoms with E-state index in [1.807, 2.05) is 20.8 Å². The fourth-order valence-electron chi connectivity index (χ4n) is 2.46. The summed E-state index contributed by atoms with van der Waals surface area (Å²) in [5.74, 6) is -1.30. The highest BCUT2D eigenvalue weighted by Gasteiger charge is 2.27. The molecule has 2 aromatic carbocycles. The van der Waals surface area contributed by atoms with Crippen LogP contribution < -0.4 is 4.74 Å². The molecule has 2 N–H and O–H groups in total. The van der Waals surface area contributed by atoms with Gasteiger partial charge >= 0.3 is 5.97 Å². The van der Waals surface area contributed by atoms with Crippen molar-refractivity contribution in [2.75, 3.05) is 6.61 Å². The second kappa shape index (κ2) is 7.38. The molecule has 0 aromatic heterocycles. The molecule has 0 radical (unpaired) electrons. The number of carboxylic acids is 1. The third-order valence-electron chi connectivity index (χ3n) is 4.34. The predicted octanol–water partition coefficient (Wildman–Crippen LogP) is 3.77. The molecular formula is C20H22O5. The minimum Gasteiger partial charge on any atom is -0.507 e. The first-order chi connectivity index (χ1) is 11.8. The summed E-state index contributed by atoms with van der Waals surface area (Å²) in [6.45, 7) is 5.35. The Balaban J connectivity index is 2.57. The Bertz CT molecular complexity index is 778. The zero-order valence-electron chi connectivity index (χ0n) is 14.6. The van der Waals surface area contributed by atoms with Crippen LogP contribution >= 0.6 is 0 Å². The van der Waals surface area contributed by atoms with Crippen LogP contribution in [0.5, 0.6) is 11.5 Å². The maximum absolute atomic E-state index is 12.8. The summed E-state index contributed by atoms with van der Waals surface area (Å²) >= 11 is 0. The number of ketones is 1. The van der Waals surface area contributed by atoms with E-state index in [0.717, 1.165) is 6.42 Å². The van der Waals surface area contributed by atoms with Crippen molar-refractivity contribution in [3.8, 4) is 11.5 Å². The summed E-state index contributed by atoms with van der Waals surface area (Å²) in [6.07, 6.45) is 0.724. The molecule has 0 aliphatic rings. The van der Waals surface area contributed by atoms with Crippen molar-refractivity contribution in [2.45, 2.75) is 32.6 Å². The molecule has 0 unspecified atom stereocenters. The summed E-state index contributed by atoms with van der Waals surface area (Å²) in [5, 5.41) is 19.5. The molecule has 132 valence electrons. The van der Waals surface area contributed by atoms with Crippen LogP contribution in [0.15, 0.2) is 42.5 Å². The van der Waals surface area contributed by atoms with E-state index in [0.29, 0.717) is 11.1 Å². The zero-order valence-corrected chi connectivity index (χ0v) is 14.6. The number of aromatic hydroxyl groups is 1. The van der Waals surface area contributed by atoms with E-state index < -0.39 is 18.0 Å². The second-order valence-electron chi connectivity index (χ2n) is 6.48. The summed E-state index contributed by atoms with van der Waals surface area (Å²) in [7, 11) is 0. The summed E-state index contributed by atoms with van der Waals surface area (Å²) < 4.78 is 5.27. The van der Waals surface area contributed by atoms with Gasteiger partial charge in [0.2, 0.25) is 0 Å². The second-order valence-corrected chi connectivity index (χ2v) is 6.48. The molecule has 5 nitrogen and oxygen atoms in total. The van der Waals surface area contributed by atoms with Gasteiger partial charge in [-0.15, -0.1) is 0 Å². The predicted molar refractivity (Wildman–Crippen MR) is 94.4 cm³/mol. The van der Waals surface area contributed by atoms with Gasteiger partial charge in [0.1, 0.15) is 11.5 Å². The van der Waals surface area contributed by atoms with Crippen LogP contribution in [0, 0.1) is 0 Å². The Morgan fingerprint density at radius 2 is 1.76 bits per heavy atom. The van der Waals surface area contributed by atoms with Crippen LogP contribution in [0.4, 0.5) is 0 Å². The van der Waals surface area contributed by atoms with Gasteiger partial charge in [0.05, 0.1) is 5.56 Å². The van der Waals surface area contributed by atoms with Gasteiger partial charge in [-0.3, -0.25) is 4.79 Å². The molecule has 0 aliphatic heterocycles. The molecule has 0 saturated carbocycles. The average molecular weight is 342 g/mol. The van der Waals surface area contributed by atoms with Gasteiger partial charge in [-0.2, -0.15) is 0 Å². The van der Waals surface area contributed by atoms with Crippen LogP contribution in [0.25, 0.3) is 0 Å². The maximum atomic E-state index is 12.8. The lowest BCUT2D eigenvalue weighted by atomic mass is 9.80. The monoisotopic (exact) mass is 342 g/mol. The van der Waals surface area contributed by atoms with Crippen LogP contribution in [0.3, 0.4) is 0 Å². The van der Waals surface area contributed by atoms with Crippen LogP contribution in [-0.4, -0.2) is 28.6 Å². The molecule has 0 bridgehead atoms. The number of hydrogen-bond donors (Lipinski definition) is 2. The van der Waals surface area contributed by atoms with Gasteiger partial charge in [0.15, 0.2) is 12.4 Å². The molecule has 0 saturated heterocycles. The topological polar surface area (TPSA) is 83.8 Å². The van der Waals surface area contributed by atoms with Crippen molar-refractivity contribution in [2.24, 2.45) is 0 Å². The molecule has 0 amide bonds. The average Bonchev–Trinajstić information content (AvgIpc) is 2.60. The first-order valence-corrected chi connectivity index (χ1v) is 8.08. The first-order valence-electron chi connectivity index (χ1n) is 8.08. The summed E-state index contributed by atoms with van der Waals surface area (Å²) in [6, 6.07) is 11.6. The van der Waals surface area contributed by atoms with Gasteiger partial charge in [0, 0.05) is 11.1 Å². The standard InChI is InChI=1S/C20H22O5/c1-4-20(2,3)16-11-14(25-12-17(21)22)10-15(19(16)24)18(23)13-8-6-5-7-9-13/h5-11,24H,4,12H2,1-3H3,(H,21,22). The Labute approximate surface area is 146 Å². The number of carbonyl (C=O) groups is 2. The normalized spacial score (nSPS) is 11.2. The minimum atomic E-state index is -1.11. The molecule has 0 spiro atoms. The lowest BCUT2D eigenvalue weighted by Gasteiger charge is -2.26. The van der Waals surface area contributed by atoms with Crippen molar-refractivity contribution in [1.29, 1.82) is 0 Å². The zero-order chi connectivity index (χ0) is 18.6. The minimum absolute atomic E-state index is 0.0941. The Morgan fingerprint density at radius 3 is 2.32 bits per heavy atom. The largest absolute Gasteiger partial charge is 0.507 e. The third-order valence-corrected chi connectivity index (χ3v) is 4.34. The highest BCUT2D eigenvalue weighted by Crippen LogP contribution is 2.39. The van der Waals surface area contributed by atoms with Crippen LogP contribution in [0.2, 0.25) is 0 Å². The highest BCUT2D eigenvalue weighted by molar-refractivity contribution is 6.11. The van der Waals surface area contributed by atoms with E-state index in [9.17, 15) is 14.7 Å². The van der Waals surface area contributed by atoms with Gasteiger partial charge in [-0.05, 0) is 24.0 Å². The maximum Gasteiger partial charge on any atom is 0.341 e. The number of phenols is 1. The number of carbonyl (C=O) groups excluding carboxylic acids is 1. The van der Waals surface area contributed by atoms with Crippen molar-refractivity contribution in [1.82, 2.24) is 0 Å². The van der Waals surface area contributed by atoms with Crippen LogP contribution in [0.1, 0.15) is 48.7 Å². The molecule has 2 rings (SSSR count). The fraction of sp³-hybridized carbons (Fsp3) is 0.300. The number of ether oxygens (including phenoxy) is 1. The molecule has 0 fully saturated rings. The van der Waals surface area contributed by atoms with E-state index >= 15 is 0 Å². The molecule has 0 atom stereocenters. The van der Waals surface area contributed by atoms with Crippen LogP contribution in [-0.2, 0) is 10.2 Å². The van der Waals surface area contributed by atoms with E-state index in [-0.39, 0.29) is 22.8 Å². The van der Waals surface area contributed by atoms with E-state index in [2.05, 4.69) is 0 Å². The van der Waals surface area contributed by atoms with E-state index in [1.54, 1.807) is 36.4 Å². The number of rotatable bonds is 7. The smallest absolute Gasteiger partial charge is 0.341 e. The third kappa shape index (κ3) is 4.18. The first kappa shape index (κ1) is 18.5. The quantitative estimate of drug-likeness (QED) is 0.748. The highest BCUT2D eigenvalue weighted by atomic mass is 16.5. The lowest BCUT2D eigenvalue weighted by molar-refractivity contribution is -0.139. The summed E-state index contributed by atoms with van der Waals surface area (Å²) in [5.41, 5.74) is 0.689. The number of phenolic OH excluding ortho intramolecular Hbond substituents is 1. The summed E-state index contributed by atoms with van der Waals surface area (Å²) in [4.78, 5) is 23.6. The molecule has 0 aliphatic carbocycles. The Kier molecular flexibility index (Phi) is 5.47. The fourth-order valence-corrected chi connectivity index (χ4v) is 2.46. The lowest BCUT2D eigenvalue weighted by Crippen LogP contribution is -2.18. The SMILES string of the molecule is CCC(C)(C)c1cc(OCC(=O)O)cc(C(=O)c2ccccc2)c1O. The number of hydrogen-bond acceptors (Lipinski definition) is 4. The molecular weight excluding hydrogens is 320 g/mol. The van der Waals surface area contributed by atoms with Crippen molar-refractivity contribution < 1.29 is 24.5 Å². The number of aliphatic carboxylic acids is 1. The molecule has 25 heavy (non-hydrogen) atoms. The number of benzene rings is 2. The molecule has 5 heteroatoms. The Hall–Kier alpha value is -2.82. The van der Waals surface area contributed by atoms with Gasteiger partial charge in [-0.1, -0.05) is 51.1 Å². The Morgan fingerprint density at radius 1 is 1.12 bits per heavy atom. The van der Waals surface area contributed by atoms with Crippen molar-refractivity contribution >= 4 is 11.8 Å². The number of carboxylic acid groups (broad SMARTS) is 1. The van der Waals surface area contributed by atoms with Crippen molar-refractivity contribution in [3.05, 3.63) is 59.2 Å². The van der Waals surface area contributed by atoms with Gasteiger partial charge in [0.25, 0.3) is 0 Å². The molecule has 2 aromatic rings. The van der Waals surface area contributed by atoms with E-state index in [1.165, 1.54) is 6.07 Å². The molecule has 0 heterocycles. The van der Waals surface area contributed by atoms with Gasteiger partial charge < -0.3 is 14.9 Å². The van der Waals surface area contributed by atoms with Gasteiger partial charge in [-0.25, -0.2) is 4.79 Å².